The third kappa shape index (κ3) is 7.63. The summed E-state index contributed by atoms with van der Waals surface area (Å²) in [6, 6.07) is 0. The van der Waals surface area contributed by atoms with Crippen LogP contribution in [0.15, 0.2) is 17.1 Å². The molecule has 2 atom stereocenters. The van der Waals surface area contributed by atoms with Crippen molar-refractivity contribution in [1.29, 1.82) is 0 Å². The van der Waals surface area contributed by atoms with Crippen LogP contribution in [-0.4, -0.2) is 83.9 Å². The zero-order valence-corrected chi connectivity index (χ0v) is 16.2. The van der Waals surface area contributed by atoms with Gasteiger partial charge in [0.2, 0.25) is 5.78 Å². The van der Waals surface area contributed by atoms with Crippen LogP contribution in [0, 0.1) is 0 Å². The molecule has 1 aliphatic heterocycles. The summed E-state index contributed by atoms with van der Waals surface area (Å²) in [5.74, 6) is -0.631. The Morgan fingerprint density at radius 1 is 1.35 bits per heavy atom. The van der Waals surface area contributed by atoms with Crippen LogP contribution >= 0.6 is 0 Å². The van der Waals surface area contributed by atoms with Crippen LogP contribution < -0.4 is 0 Å². The lowest BCUT2D eigenvalue weighted by Gasteiger charge is -2.34. The maximum atomic E-state index is 12.6. The number of allylic oxidation sites excluding steroid dienone is 2. The van der Waals surface area contributed by atoms with Crippen LogP contribution in [0.1, 0.15) is 39.0 Å². The molecule has 0 spiro atoms. The number of Topliss-reactive ketones (excluding diaryl/α,β-unsaturated/α-hetero) is 1. The number of amidine groups is 1. The van der Waals surface area contributed by atoms with Gasteiger partial charge in [0.15, 0.2) is 0 Å². The van der Waals surface area contributed by atoms with E-state index in [4.69, 9.17) is 4.55 Å². The molecule has 0 aromatic rings. The lowest BCUT2D eigenvalue weighted by Crippen LogP contribution is -2.59. The molecule has 0 aliphatic carbocycles. The van der Waals surface area contributed by atoms with E-state index in [0.29, 0.717) is 25.3 Å². The second-order valence-corrected chi connectivity index (χ2v) is 8.19. The molecule has 0 saturated heterocycles. The van der Waals surface area contributed by atoms with Crippen LogP contribution in [-0.2, 0) is 14.9 Å². The van der Waals surface area contributed by atoms with Crippen LogP contribution in [0.25, 0.3) is 0 Å². The Hall–Kier alpha value is -1.13. The minimum absolute atomic E-state index is 0.0371. The van der Waals surface area contributed by atoms with Crippen LogP contribution in [0.5, 0.6) is 0 Å². The highest BCUT2D eigenvalue weighted by Gasteiger charge is 2.43. The predicted molar refractivity (Wildman–Crippen MR) is 99.6 cm³/mol. The Morgan fingerprint density at radius 2 is 2.08 bits per heavy atom. The average molecular weight is 392 g/mol. The summed E-state index contributed by atoms with van der Waals surface area (Å²) in [7, 11) is -4.32. The van der Waals surface area contributed by atoms with E-state index >= 15 is 0 Å². The summed E-state index contributed by atoms with van der Waals surface area (Å²) in [5.41, 5.74) is 0. The van der Waals surface area contributed by atoms with Gasteiger partial charge in [0.1, 0.15) is 31.5 Å². The molecule has 2 unspecified atom stereocenters. The maximum absolute atomic E-state index is 12.6. The average Bonchev–Trinajstić information content (AvgIpc) is 2.92. The molecule has 9 heteroatoms. The van der Waals surface area contributed by atoms with E-state index in [0.717, 1.165) is 25.7 Å². The predicted octanol–water partition coefficient (Wildman–Crippen LogP) is 0.552. The van der Waals surface area contributed by atoms with Crippen molar-refractivity contribution in [3.63, 3.8) is 0 Å². The Kier molecular flexibility index (Phi) is 9.59. The summed E-state index contributed by atoms with van der Waals surface area (Å²) in [6.07, 6.45) is 6.74. The van der Waals surface area contributed by atoms with E-state index in [9.17, 15) is 23.4 Å². The van der Waals surface area contributed by atoms with E-state index in [1.54, 1.807) is 0 Å². The molecule has 0 amide bonds. The van der Waals surface area contributed by atoms with Gasteiger partial charge in [-0.25, -0.2) is 4.99 Å². The first-order chi connectivity index (χ1) is 12.2. The highest BCUT2D eigenvalue weighted by molar-refractivity contribution is 7.85. The summed E-state index contributed by atoms with van der Waals surface area (Å²) in [5, 5.41) is 19.4. The first-order valence-corrected chi connectivity index (χ1v) is 10.6. The molecule has 3 N–H and O–H groups in total. The number of carbonyl (C=O) groups excluding carboxylic acids is 1. The van der Waals surface area contributed by atoms with Crippen molar-refractivity contribution in [3.8, 4) is 0 Å². The van der Waals surface area contributed by atoms with Crippen molar-refractivity contribution in [1.82, 2.24) is 0 Å². The maximum Gasteiger partial charge on any atom is 0.267 e. The van der Waals surface area contributed by atoms with Crippen LogP contribution in [0.4, 0.5) is 0 Å². The zero-order chi connectivity index (χ0) is 19.6. The molecule has 0 aromatic carbocycles. The molecule has 150 valence electrons. The first-order valence-electron chi connectivity index (χ1n) is 9.03. The fourth-order valence-corrected chi connectivity index (χ4v) is 3.93. The van der Waals surface area contributed by atoms with Gasteiger partial charge in [-0.2, -0.15) is 8.42 Å². The van der Waals surface area contributed by atoms with Crippen molar-refractivity contribution in [2.75, 3.05) is 38.5 Å². The number of aliphatic imine (C=N–C) groups is 1. The molecule has 0 fully saturated rings. The van der Waals surface area contributed by atoms with Crippen molar-refractivity contribution >= 4 is 21.7 Å². The van der Waals surface area contributed by atoms with Crippen molar-refractivity contribution in [3.05, 3.63) is 12.2 Å². The lowest BCUT2D eigenvalue weighted by atomic mass is 10.1. The minimum atomic E-state index is -4.32. The summed E-state index contributed by atoms with van der Waals surface area (Å²) >= 11 is 0. The Labute approximate surface area is 155 Å². The van der Waals surface area contributed by atoms with Gasteiger partial charge in [-0.1, -0.05) is 18.6 Å². The van der Waals surface area contributed by atoms with Gasteiger partial charge in [-0.3, -0.25) is 13.8 Å². The largest absolute Gasteiger partial charge is 0.390 e. The van der Waals surface area contributed by atoms with E-state index in [1.807, 2.05) is 13.0 Å². The van der Waals surface area contributed by atoms with Crippen molar-refractivity contribution in [2.24, 2.45) is 4.99 Å². The first kappa shape index (κ1) is 22.9. The molecular formula is C17H31N2O6S+. The number of quaternary nitrogens is 1. The fraction of sp³-hybridized carbons (Fsp3) is 0.765. The topological polar surface area (TPSA) is 124 Å². The third-order valence-corrected chi connectivity index (χ3v) is 5.30. The number of aliphatic hydroxyl groups excluding tert-OH is 2. The van der Waals surface area contributed by atoms with Gasteiger partial charge >= 0.3 is 0 Å². The molecule has 1 aliphatic rings. The van der Waals surface area contributed by atoms with Gasteiger partial charge in [-0.15, -0.1) is 0 Å². The Balaban J connectivity index is 2.69. The lowest BCUT2D eigenvalue weighted by molar-refractivity contribution is -0.837. The molecule has 0 saturated carbocycles. The second-order valence-electron chi connectivity index (χ2n) is 6.70. The normalized spacial score (nSPS) is 21.9. The number of nitrogens with zero attached hydrogens (tertiary/aromatic N) is 2. The van der Waals surface area contributed by atoms with Gasteiger partial charge < -0.3 is 10.2 Å². The Bertz CT molecular complexity index is 617. The van der Waals surface area contributed by atoms with E-state index in [2.05, 4.69) is 11.1 Å². The molecule has 1 rings (SSSR count). The number of ketones is 1. The minimum Gasteiger partial charge on any atom is -0.390 e. The molecule has 0 radical (unpaired) electrons. The quantitative estimate of drug-likeness (QED) is 0.182. The molecular weight excluding hydrogens is 360 g/mol. The van der Waals surface area contributed by atoms with Crippen molar-refractivity contribution < 1.29 is 32.5 Å². The molecule has 26 heavy (non-hydrogen) atoms. The van der Waals surface area contributed by atoms with E-state index in [-0.39, 0.29) is 30.0 Å². The number of hydrogen-bond acceptors (Lipinski definition) is 6. The van der Waals surface area contributed by atoms with Gasteiger partial charge in [-0.05, 0) is 26.2 Å². The van der Waals surface area contributed by atoms with E-state index < -0.39 is 22.0 Å². The Morgan fingerprint density at radius 3 is 2.69 bits per heavy atom. The molecule has 0 bridgehead atoms. The number of aliphatic hydroxyl groups is 2. The third-order valence-electron chi connectivity index (χ3n) is 4.49. The summed E-state index contributed by atoms with van der Waals surface area (Å²) < 4.78 is 30.8. The molecule has 0 aromatic heterocycles. The van der Waals surface area contributed by atoms with Crippen LogP contribution in [0.3, 0.4) is 0 Å². The summed E-state index contributed by atoms with van der Waals surface area (Å²) in [6.45, 7) is 2.66. The molecule has 1 heterocycles. The monoisotopic (exact) mass is 391 g/mol. The van der Waals surface area contributed by atoms with Crippen LogP contribution in [0.2, 0.25) is 0 Å². The molecule has 8 nitrogen and oxygen atoms in total. The SMILES string of the molecule is C/C=C/CCCCCC(=O)C1=NCC[N+]1(CCO)CC(O)CS(=O)(=O)O. The second kappa shape index (κ2) is 10.9. The van der Waals surface area contributed by atoms with Gasteiger partial charge in [0.25, 0.3) is 16.0 Å². The smallest absolute Gasteiger partial charge is 0.267 e. The zero-order valence-electron chi connectivity index (χ0n) is 15.4. The standard InChI is InChI=1S/C17H30N2O6S/c1-2-3-4-5-6-7-8-16(22)17-18-9-10-19(17,11-12-20)13-15(21)14-26(23,24)25/h2-3,15,20-21H,4-14H2,1H3/p+1/b3-2+. The number of unbranched alkanes of at least 4 members (excludes halogenated alkanes) is 3. The highest BCUT2D eigenvalue weighted by Crippen LogP contribution is 2.19. The van der Waals surface area contributed by atoms with E-state index in [1.165, 1.54) is 0 Å². The number of hydrogen-bond donors (Lipinski definition) is 3. The highest BCUT2D eigenvalue weighted by atomic mass is 32.2. The number of carbonyl (C=O) groups is 1. The fourth-order valence-electron chi connectivity index (χ4n) is 3.34. The van der Waals surface area contributed by atoms with Crippen molar-refractivity contribution in [2.45, 2.75) is 45.1 Å². The number of rotatable bonds is 13. The van der Waals surface area contributed by atoms with Gasteiger partial charge in [0, 0.05) is 6.42 Å². The van der Waals surface area contributed by atoms with Gasteiger partial charge in [0.05, 0.1) is 13.2 Å². The summed E-state index contributed by atoms with van der Waals surface area (Å²) in [4.78, 5) is 16.9.